The summed E-state index contributed by atoms with van der Waals surface area (Å²) in [6, 6.07) is 16.2. The van der Waals surface area contributed by atoms with E-state index in [1.807, 2.05) is 35.1 Å². The van der Waals surface area contributed by atoms with Crippen molar-refractivity contribution in [1.82, 2.24) is 9.03 Å². The summed E-state index contributed by atoms with van der Waals surface area (Å²) in [4.78, 5) is 23.3. The molecule has 0 spiro atoms. The van der Waals surface area contributed by atoms with Gasteiger partial charge in [-0.2, -0.15) is 12.7 Å². The first-order chi connectivity index (χ1) is 12.4. The van der Waals surface area contributed by atoms with Crippen molar-refractivity contribution in [2.24, 2.45) is 0 Å². The Bertz CT molecular complexity index is 895. The average Bonchev–Trinajstić information content (AvgIpc) is 2.88. The molecule has 3 rings (SSSR count). The van der Waals surface area contributed by atoms with Crippen LogP contribution < -0.4 is 4.72 Å². The minimum absolute atomic E-state index is 0.0599. The standard InChI is InChI=1S/C18H18N2O5S/c21-17-13-20(26(23,24)19-17)12-15-6-8-16(9-7-15)18(22)25-11-10-14-4-2-1-3-5-14/h1-9H,10-13H2,(H,19,21). The Balaban J connectivity index is 1.54. The highest BCUT2D eigenvalue weighted by Crippen LogP contribution is 2.14. The van der Waals surface area contributed by atoms with Gasteiger partial charge in [0.05, 0.1) is 18.7 Å². The molecule has 0 unspecified atom stereocenters. The zero-order valence-electron chi connectivity index (χ0n) is 13.9. The number of nitrogens with zero attached hydrogens (tertiary/aromatic N) is 1. The second-order valence-electron chi connectivity index (χ2n) is 5.87. The van der Waals surface area contributed by atoms with Crippen LogP contribution in [-0.4, -0.2) is 37.8 Å². The predicted molar refractivity (Wildman–Crippen MR) is 94.3 cm³/mol. The van der Waals surface area contributed by atoms with E-state index in [0.29, 0.717) is 17.5 Å². The van der Waals surface area contributed by atoms with E-state index < -0.39 is 22.1 Å². The molecule has 136 valence electrons. The van der Waals surface area contributed by atoms with Crippen LogP contribution in [0.4, 0.5) is 0 Å². The fourth-order valence-corrected chi connectivity index (χ4v) is 3.65. The SMILES string of the molecule is O=C1CN(Cc2ccc(C(=O)OCCc3ccccc3)cc2)S(=O)(=O)N1. The van der Waals surface area contributed by atoms with Crippen molar-refractivity contribution in [2.75, 3.05) is 13.2 Å². The van der Waals surface area contributed by atoms with Crippen molar-refractivity contribution in [3.8, 4) is 0 Å². The number of carbonyl (C=O) groups excluding carboxylic acids is 2. The third-order valence-corrected chi connectivity index (χ3v) is 5.34. The summed E-state index contributed by atoms with van der Waals surface area (Å²) in [6.07, 6.45) is 0.637. The second-order valence-corrected chi connectivity index (χ2v) is 7.54. The monoisotopic (exact) mass is 374 g/mol. The lowest BCUT2D eigenvalue weighted by molar-refractivity contribution is -0.118. The van der Waals surface area contributed by atoms with Crippen LogP contribution in [0.1, 0.15) is 21.5 Å². The van der Waals surface area contributed by atoms with Crippen LogP contribution in [0.15, 0.2) is 54.6 Å². The second kappa shape index (κ2) is 7.67. The van der Waals surface area contributed by atoms with Gasteiger partial charge < -0.3 is 4.74 Å². The normalized spacial score (nSPS) is 16.2. The number of carbonyl (C=O) groups is 2. The molecule has 1 saturated heterocycles. The number of amides is 1. The largest absolute Gasteiger partial charge is 0.462 e. The fourth-order valence-electron chi connectivity index (χ4n) is 2.57. The van der Waals surface area contributed by atoms with Gasteiger partial charge in [-0.25, -0.2) is 9.52 Å². The van der Waals surface area contributed by atoms with Crippen LogP contribution >= 0.6 is 0 Å². The molecule has 0 radical (unpaired) electrons. The molecule has 1 amide bonds. The van der Waals surface area contributed by atoms with Gasteiger partial charge in [0, 0.05) is 13.0 Å². The molecule has 1 aliphatic heterocycles. The maximum absolute atomic E-state index is 12.1. The number of hydrogen-bond donors (Lipinski definition) is 1. The Morgan fingerprint density at radius 1 is 1.04 bits per heavy atom. The summed E-state index contributed by atoms with van der Waals surface area (Å²) in [6.45, 7) is 0.139. The third-order valence-electron chi connectivity index (χ3n) is 3.92. The molecular formula is C18H18N2O5S. The van der Waals surface area contributed by atoms with Gasteiger partial charge >= 0.3 is 16.2 Å². The maximum atomic E-state index is 12.1. The van der Waals surface area contributed by atoms with Gasteiger partial charge in [0.15, 0.2) is 0 Å². The Morgan fingerprint density at radius 3 is 2.35 bits per heavy atom. The van der Waals surface area contributed by atoms with Crippen molar-refractivity contribution in [2.45, 2.75) is 13.0 Å². The number of hydrogen-bond acceptors (Lipinski definition) is 5. The first-order valence-electron chi connectivity index (χ1n) is 8.05. The van der Waals surface area contributed by atoms with Gasteiger partial charge in [0.25, 0.3) is 0 Å². The highest BCUT2D eigenvalue weighted by atomic mass is 32.2. The van der Waals surface area contributed by atoms with Crippen molar-refractivity contribution in [3.05, 3.63) is 71.3 Å². The molecule has 7 nitrogen and oxygen atoms in total. The van der Waals surface area contributed by atoms with E-state index >= 15 is 0 Å². The third kappa shape index (κ3) is 4.47. The molecule has 0 aliphatic carbocycles. The lowest BCUT2D eigenvalue weighted by Crippen LogP contribution is -2.29. The Labute approximate surface area is 151 Å². The maximum Gasteiger partial charge on any atom is 0.338 e. The van der Waals surface area contributed by atoms with E-state index in [-0.39, 0.29) is 19.7 Å². The highest BCUT2D eigenvalue weighted by molar-refractivity contribution is 7.88. The smallest absolute Gasteiger partial charge is 0.338 e. The summed E-state index contributed by atoms with van der Waals surface area (Å²) in [5.74, 6) is -0.985. The van der Waals surface area contributed by atoms with Crippen molar-refractivity contribution in [3.63, 3.8) is 0 Å². The lowest BCUT2D eigenvalue weighted by Gasteiger charge is -2.12. The van der Waals surface area contributed by atoms with E-state index in [4.69, 9.17) is 4.74 Å². The van der Waals surface area contributed by atoms with Crippen LogP contribution in [0, 0.1) is 0 Å². The van der Waals surface area contributed by atoms with Crippen molar-refractivity contribution in [1.29, 1.82) is 0 Å². The summed E-state index contributed by atoms with van der Waals surface area (Å²) in [7, 11) is -3.76. The highest BCUT2D eigenvalue weighted by Gasteiger charge is 2.33. The molecule has 0 aromatic heterocycles. The number of benzene rings is 2. The Morgan fingerprint density at radius 2 is 1.73 bits per heavy atom. The topological polar surface area (TPSA) is 92.8 Å². The van der Waals surface area contributed by atoms with Gasteiger partial charge in [-0.3, -0.25) is 4.79 Å². The van der Waals surface area contributed by atoms with E-state index in [0.717, 1.165) is 9.87 Å². The minimum atomic E-state index is -3.76. The van der Waals surface area contributed by atoms with E-state index in [1.165, 1.54) is 0 Å². The average molecular weight is 374 g/mol. The summed E-state index contributed by atoms with van der Waals surface area (Å²) in [5.41, 5.74) is 2.15. The fraction of sp³-hybridized carbons (Fsp3) is 0.222. The van der Waals surface area contributed by atoms with Crippen LogP contribution in [0.5, 0.6) is 0 Å². The molecule has 1 N–H and O–H groups in total. The van der Waals surface area contributed by atoms with Crippen molar-refractivity contribution < 1.29 is 22.7 Å². The summed E-state index contributed by atoms with van der Waals surface area (Å²) in [5, 5.41) is 0. The van der Waals surface area contributed by atoms with Gasteiger partial charge in [0.1, 0.15) is 0 Å². The zero-order valence-corrected chi connectivity index (χ0v) is 14.7. The summed E-state index contributed by atoms with van der Waals surface area (Å²) >= 11 is 0. The molecule has 2 aromatic rings. The van der Waals surface area contributed by atoms with Gasteiger partial charge in [-0.1, -0.05) is 42.5 Å². The van der Waals surface area contributed by atoms with Gasteiger partial charge in [-0.05, 0) is 23.3 Å². The molecule has 1 aliphatic rings. The number of esters is 1. The van der Waals surface area contributed by atoms with Gasteiger partial charge in [0.2, 0.25) is 5.91 Å². The van der Waals surface area contributed by atoms with Crippen LogP contribution in [0.25, 0.3) is 0 Å². The first-order valence-corrected chi connectivity index (χ1v) is 9.49. The molecule has 8 heteroatoms. The van der Waals surface area contributed by atoms with E-state index in [2.05, 4.69) is 0 Å². The molecular weight excluding hydrogens is 356 g/mol. The van der Waals surface area contributed by atoms with Crippen LogP contribution in [-0.2, 0) is 32.7 Å². The Kier molecular flexibility index (Phi) is 5.34. The molecule has 0 saturated carbocycles. The molecule has 26 heavy (non-hydrogen) atoms. The Hall–Kier alpha value is -2.71. The quantitative estimate of drug-likeness (QED) is 0.769. The number of nitrogens with one attached hydrogen (secondary N) is 1. The molecule has 2 aromatic carbocycles. The lowest BCUT2D eigenvalue weighted by atomic mass is 10.1. The zero-order chi connectivity index (χ0) is 18.6. The van der Waals surface area contributed by atoms with E-state index in [9.17, 15) is 18.0 Å². The number of ether oxygens (including phenoxy) is 1. The summed E-state index contributed by atoms with van der Waals surface area (Å²) < 4.78 is 31.6. The molecule has 1 fully saturated rings. The van der Waals surface area contributed by atoms with Crippen molar-refractivity contribution >= 4 is 22.1 Å². The minimum Gasteiger partial charge on any atom is -0.462 e. The molecule has 0 bridgehead atoms. The number of rotatable bonds is 6. The van der Waals surface area contributed by atoms with E-state index in [1.54, 1.807) is 24.3 Å². The molecule has 0 atom stereocenters. The van der Waals surface area contributed by atoms with Crippen LogP contribution in [0.3, 0.4) is 0 Å². The predicted octanol–water partition coefficient (Wildman–Crippen LogP) is 1.26. The molecule has 1 heterocycles. The first kappa shape index (κ1) is 18.1. The van der Waals surface area contributed by atoms with Gasteiger partial charge in [-0.15, -0.1) is 0 Å². The van der Waals surface area contributed by atoms with Crippen LogP contribution in [0.2, 0.25) is 0 Å².